The monoisotopic (exact) mass is 375 g/mol. The Morgan fingerprint density at radius 2 is 2.15 bits per heavy atom. The van der Waals surface area contributed by atoms with E-state index >= 15 is 0 Å². The molecule has 1 saturated heterocycles. The van der Waals surface area contributed by atoms with Crippen LogP contribution >= 0.6 is 0 Å². The molecular formula is C17H17N3O5S. The van der Waals surface area contributed by atoms with Crippen molar-refractivity contribution in [2.75, 3.05) is 13.1 Å². The minimum Gasteiger partial charge on any atom is -0.473 e. The molecule has 2 aromatic heterocycles. The normalized spacial score (nSPS) is 18.4. The summed E-state index contributed by atoms with van der Waals surface area (Å²) in [7, 11) is -3.68. The minimum atomic E-state index is -3.68. The van der Waals surface area contributed by atoms with E-state index in [1.165, 1.54) is 22.5 Å². The number of rotatable bonds is 4. The molecule has 0 saturated carbocycles. The zero-order valence-corrected chi connectivity index (χ0v) is 14.8. The van der Waals surface area contributed by atoms with Gasteiger partial charge in [0.2, 0.25) is 15.9 Å². The fourth-order valence-electron chi connectivity index (χ4n) is 2.95. The average Bonchev–Trinajstić information content (AvgIpc) is 3.22. The molecule has 0 aliphatic carbocycles. The van der Waals surface area contributed by atoms with Gasteiger partial charge in [0.25, 0.3) is 0 Å². The van der Waals surface area contributed by atoms with E-state index in [1.807, 2.05) is 13.0 Å². The van der Waals surface area contributed by atoms with Gasteiger partial charge in [-0.15, -0.1) is 0 Å². The Hall–Kier alpha value is -2.65. The van der Waals surface area contributed by atoms with Crippen molar-refractivity contribution >= 4 is 21.1 Å². The van der Waals surface area contributed by atoms with E-state index in [2.05, 4.69) is 9.97 Å². The van der Waals surface area contributed by atoms with E-state index in [9.17, 15) is 13.2 Å². The van der Waals surface area contributed by atoms with Crippen LogP contribution in [0.5, 0.6) is 5.88 Å². The van der Waals surface area contributed by atoms with Crippen molar-refractivity contribution in [1.82, 2.24) is 14.3 Å². The van der Waals surface area contributed by atoms with E-state index < -0.39 is 15.8 Å². The van der Waals surface area contributed by atoms with Gasteiger partial charge in [0.1, 0.15) is 6.10 Å². The maximum atomic E-state index is 12.9. The van der Waals surface area contributed by atoms with Gasteiger partial charge >= 0.3 is 5.76 Å². The first kappa shape index (κ1) is 16.8. The summed E-state index contributed by atoms with van der Waals surface area (Å²) in [4.78, 5) is 18.0. The largest absolute Gasteiger partial charge is 0.473 e. The number of nitrogens with zero attached hydrogens (tertiary/aromatic N) is 2. The summed E-state index contributed by atoms with van der Waals surface area (Å²) < 4.78 is 37.8. The molecule has 9 heteroatoms. The molecule has 0 bridgehead atoms. The second kappa shape index (κ2) is 6.26. The molecule has 1 atom stereocenters. The number of pyridine rings is 1. The highest BCUT2D eigenvalue weighted by molar-refractivity contribution is 7.89. The first-order chi connectivity index (χ1) is 12.4. The number of benzene rings is 1. The van der Waals surface area contributed by atoms with Crippen LogP contribution in [-0.4, -0.2) is 41.9 Å². The fourth-order valence-corrected chi connectivity index (χ4v) is 4.46. The number of aryl methyl sites for hydroxylation is 1. The maximum absolute atomic E-state index is 12.9. The molecule has 1 aliphatic heterocycles. The van der Waals surface area contributed by atoms with E-state index in [0.29, 0.717) is 29.9 Å². The van der Waals surface area contributed by atoms with Crippen LogP contribution < -0.4 is 10.5 Å². The number of nitrogens with one attached hydrogen (secondary N) is 1. The lowest BCUT2D eigenvalue weighted by Crippen LogP contribution is -2.31. The van der Waals surface area contributed by atoms with E-state index in [1.54, 1.807) is 12.3 Å². The molecule has 1 N–H and O–H groups in total. The van der Waals surface area contributed by atoms with Crippen LogP contribution in [0.25, 0.3) is 11.1 Å². The molecule has 0 amide bonds. The number of oxazole rings is 1. The molecule has 1 unspecified atom stereocenters. The molecule has 0 spiro atoms. The van der Waals surface area contributed by atoms with Crippen molar-refractivity contribution in [2.24, 2.45) is 0 Å². The van der Waals surface area contributed by atoms with Crippen LogP contribution in [0, 0.1) is 6.92 Å². The number of aromatic amines is 1. The molecule has 4 rings (SSSR count). The smallest absolute Gasteiger partial charge is 0.417 e. The highest BCUT2D eigenvalue weighted by Crippen LogP contribution is 2.25. The highest BCUT2D eigenvalue weighted by atomic mass is 32.2. The van der Waals surface area contributed by atoms with Crippen molar-refractivity contribution in [3.8, 4) is 5.88 Å². The lowest BCUT2D eigenvalue weighted by Gasteiger charge is -2.17. The molecule has 0 radical (unpaired) electrons. The van der Waals surface area contributed by atoms with Crippen molar-refractivity contribution in [3.05, 3.63) is 52.6 Å². The van der Waals surface area contributed by atoms with E-state index in [-0.39, 0.29) is 17.5 Å². The van der Waals surface area contributed by atoms with Crippen molar-refractivity contribution < 1.29 is 17.6 Å². The second-order valence-electron chi connectivity index (χ2n) is 6.24. The van der Waals surface area contributed by atoms with Crippen molar-refractivity contribution in [2.45, 2.75) is 24.3 Å². The summed E-state index contributed by atoms with van der Waals surface area (Å²) in [6.07, 6.45) is 2.04. The summed E-state index contributed by atoms with van der Waals surface area (Å²) in [5.41, 5.74) is 1.70. The Morgan fingerprint density at radius 1 is 1.31 bits per heavy atom. The predicted octanol–water partition coefficient (Wildman–Crippen LogP) is 1.67. The Balaban J connectivity index is 1.52. The van der Waals surface area contributed by atoms with Gasteiger partial charge < -0.3 is 9.15 Å². The first-order valence-corrected chi connectivity index (χ1v) is 9.58. The molecular weight excluding hydrogens is 358 g/mol. The fraction of sp³-hybridized carbons (Fsp3) is 0.294. The minimum absolute atomic E-state index is 0.108. The third-order valence-electron chi connectivity index (χ3n) is 4.31. The third kappa shape index (κ3) is 3.11. The summed E-state index contributed by atoms with van der Waals surface area (Å²) >= 11 is 0. The molecule has 1 fully saturated rings. The van der Waals surface area contributed by atoms with Crippen LogP contribution in [0.4, 0.5) is 0 Å². The van der Waals surface area contributed by atoms with Crippen LogP contribution in [0.2, 0.25) is 0 Å². The molecule has 1 aliphatic rings. The lowest BCUT2D eigenvalue weighted by molar-refractivity contribution is 0.207. The second-order valence-corrected chi connectivity index (χ2v) is 8.18. The van der Waals surface area contributed by atoms with E-state index in [4.69, 9.17) is 9.15 Å². The molecule has 3 heterocycles. The topological polar surface area (TPSA) is 105 Å². The molecule has 136 valence electrons. The molecule has 3 aromatic rings. The zero-order chi connectivity index (χ0) is 18.3. The quantitative estimate of drug-likeness (QED) is 0.744. The van der Waals surface area contributed by atoms with E-state index in [0.717, 1.165) is 5.56 Å². The third-order valence-corrected chi connectivity index (χ3v) is 6.17. The molecule has 8 nitrogen and oxygen atoms in total. The molecule has 26 heavy (non-hydrogen) atoms. The number of hydrogen-bond donors (Lipinski definition) is 1. The number of sulfonamides is 1. The van der Waals surface area contributed by atoms with Crippen LogP contribution in [0.3, 0.4) is 0 Å². The summed E-state index contributed by atoms with van der Waals surface area (Å²) in [5.74, 6) is -0.132. The predicted molar refractivity (Wildman–Crippen MR) is 93.6 cm³/mol. The van der Waals surface area contributed by atoms with Gasteiger partial charge in [-0.1, -0.05) is 6.07 Å². The Labute approximate surface area is 149 Å². The Morgan fingerprint density at radius 3 is 2.92 bits per heavy atom. The van der Waals surface area contributed by atoms with Crippen molar-refractivity contribution in [3.63, 3.8) is 0 Å². The average molecular weight is 375 g/mol. The number of fused-ring (bicyclic) bond motifs is 1. The summed E-state index contributed by atoms with van der Waals surface area (Å²) in [6.45, 7) is 2.54. The van der Waals surface area contributed by atoms with Gasteiger partial charge in [-0.25, -0.2) is 18.2 Å². The lowest BCUT2D eigenvalue weighted by atomic mass is 10.3. The first-order valence-electron chi connectivity index (χ1n) is 8.14. The van der Waals surface area contributed by atoms with Crippen LogP contribution in [-0.2, 0) is 10.0 Å². The van der Waals surface area contributed by atoms with Gasteiger partial charge in [0, 0.05) is 18.8 Å². The van der Waals surface area contributed by atoms with Gasteiger partial charge in [0.05, 0.1) is 17.0 Å². The Bertz CT molecular complexity index is 1100. The summed E-state index contributed by atoms with van der Waals surface area (Å²) in [6, 6.07) is 7.98. The number of ether oxygens (including phenoxy) is 1. The standard InChI is InChI=1S/C17H17N3O5S/c1-11-2-5-16(18-9-11)24-12-6-7-20(10-12)26(22,23)13-3-4-15-14(8-13)19-17(21)25-15/h2-5,8-9,12H,6-7,10H2,1H3,(H,19,21). The number of hydrogen-bond acceptors (Lipinski definition) is 6. The van der Waals surface area contributed by atoms with Gasteiger partial charge in [-0.3, -0.25) is 4.98 Å². The van der Waals surface area contributed by atoms with Crippen LogP contribution in [0.1, 0.15) is 12.0 Å². The highest BCUT2D eigenvalue weighted by Gasteiger charge is 2.34. The zero-order valence-electron chi connectivity index (χ0n) is 14.0. The maximum Gasteiger partial charge on any atom is 0.417 e. The number of aromatic nitrogens is 2. The summed E-state index contributed by atoms with van der Waals surface area (Å²) in [5, 5.41) is 0. The molecule has 1 aromatic carbocycles. The van der Waals surface area contributed by atoms with Gasteiger partial charge in [-0.05, 0) is 37.1 Å². The van der Waals surface area contributed by atoms with Crippen LogP contribution in [0.15, 0.2) is 50.6 Å². The van der Waals surface area contributed by atoms with Gasteiger partial charge in [0.15, 0.2) is 5.58 Å². The number of H-pyrrole nitrogens is 1. The van der Waals surface area contributed by atoms with Crippen molar-refractivity contribution in [1.29, 1.82) is 0 Å². The SMILES string of the molecule is Cc1ccc(OC2CCN(S(=O)(=O)c3ccc4oc(=O)[nH]c4c3)C2)nc1. The van der Waals surface area contributed by atoms with Gasteiger partial charge in [-0.2, -0.15) is 4.31 Å². The Kier molecular flexibility index (Phi) is 4.04.